The largest absolute Gasteiger partial charge is 0.372 e. The Bertz CT molecular complexity index is 805. The molecule has 2 amide bonds. The first kappa shape index (κ1) is 21.1. The zero-order valence-corrected chi connectivity index (χ0v) is 17.4. The first-order valence-electron chi connectivity index (χ1n) is 10.3. The molecule has 0 radical (unpaired) electrons. The number of hydrogen-bond acceptors (Lipinski definition) is 3. The summed E-state index contributed by atoms with van der Waals surface area (Å²) in [6.07, 6.45) is 0.956. The summed E-state index contributed by atoms with van der Waals surface area (Å²) in [5.74, 6) is -0.339. The first-order valence-corrected chi connectivity index (χ1v) is 10.3. The highest BCUT2D eigenvalue weighted by Crippen LogP contribution is 2.26. The summed E-state index contributed by atoms with van der Waals surface area (Å²) >= 11 is 0. The SMILES string of the molecule is CCCN(Cc1ccccc1)C(=O)Nc1ccc(N2CC(C)OC(C)C2)c(F)c1. The van der Waals surface area contributed by atoms with Crippen molar-refractivity contribution in [1.29, 1.82) is 0 Å². The van der Waals surface area contributed by atoms with Crippen molar-refractivity contribution in [3.63, 3.8) is 0 Å². The van der Waals surface area contributed by atoms with Crippen molar-refractivity contribution in [2.24, 2.45) is 0 Å². The lowest BCUT2D eigenvalue weighted by atomic mass is 10.2. The second-order valence-corrected chi connectivity index (χ2v) is 7.67. The number of urea groups is 1. The molecular formula is C23H30FN3O2. The highest BCUT2D eigenvalue weighted by atomic mass is 19.1. The highest BCUT2D eigenvalue weighted by molar-refractivity contribution is 5.89. The average Bonchev–Trinajstić information content (AvgIpc) is 2.67. The number of nitrogens with zero attached hydrogens (tertiary/aromatic N) is 2. The van der Waals surface area contributed by atoms with Crippen LogP contribution in [0.5, 0.6) is 0 Å². The zero-order valence-electron chi connectivity index (χ0n) is 17.4. The van der Waals surface area contributed by atoms with Gasteiger partial charge in [-0.1, -0.05) is 37.3 Å². The molecule has 1 N–H and O–H groups in total. The first-order chi connectivity index (χ1) is 14.0. The van der Waals surface area contributed by atoms with E-state index < -0.39 is 0 Å². The normalized spacial score (nSPS) is 19.1. The second-order valence-electron chi connectivity index (χ2n) is 7.67. The molecule has 0 saturated carbocycles. The molecule has 1 aliphatic heterocycles. The quantitative estimate of drug-likeness (QED) is 0.753. The highest BCUT2D eigenvalue weighted by Gasteiger charge is 2.24. The van der Waals surface area contributed by atoms with Gasteiger partial charge in [0.1, 0.15) is 5.82 Å². The van der Waals surface area contributed by atoms with E-state index >= 15 is 0 Å². The van der Waals surface area contributed by atoms with Crippen molar-refractivity contribution >= 4 is 17.4 Å². The summed E-state index contributed by atoms with van der Waals surface area (Å²) < 4.78 is 20.5. The number of amides is 2. The number of halogens is 1. The molecule has 29 heavy (non-hydrogen) atoms. The van der Waals surface area contributed by atoms with Crippen LogP contribution < -0.4 is 10.2 Å². The Morgan fingerprint density at radius 1 is 1.17 bits per heavy atom. The Kier molecular flexibility index (Phi) is 7.09. The van der Waals surface area contributed by atoms with E-state index in [4.69, 9.17) is 4.74 Å². The summed E-state index contributed by atoms with van der Waals surface area (Å²) in [5.41, 5.74) is 2.06. The molecule has 1 aliphatic rings. The molecule has 1 fully saturated rings. The van der Waals surface area contributed by atoms with Crippen LogP contribution in [0, 0.1) is 5.82 Å². The third-order valence-corrected chi connectivity index (χ3v) is 4.96. The molecule has 1 saturated heterocycles. The predicted octanol–water partition coefficient (Wildman–Crippen LogP) is 4.88. The minimum absolute atomic E-state index is 0.0538. The molecule has 3 rings (SSSR count). The van der Waals surface area contributed by atoms with Crippen LogP contribution in [-0.2, 0) is 11.3 Å². The van der Waals surface area contributed by atoms with Crippen LogP contribution in [0.4, 0.5) is 20.6 Å². The molecule has 0 bridgehead atoms. The number of rotatable bonds is 6. The number of carbonyl (C=O) groups is 1. The van der Waals surface area contributed by atoms with Crippen LogP contribution in [0.15, 0.2) is 48.5 Å². The molecule has 2 aromatic carbocycles. The van der Waals surface area contributed by atoms with Gasteiger partial charge in [0.25, 0.3) is 0 Å². The third-order valence-electron chi connectivity index (χ3n) is 4.96. The van der Waals surface area contributed by atoms with E-state index in [0.29, 0.717) is 37.6 Å². The molecule has 156 valence electrons. The topological polar surface area (TPSA) is 44.8 Å². The lowest BCUT2D eigenvalue weighted by Crippen LogP contribution is -2.45. The third kappa shape index (κ3) is 5.70. The molecular weight excluding hydrogens is 369 g/mol. The molecule has 0 spiro atoms. The standard InChI is InChI=1S/C23H30FN3O2/c1-4-12-26(16-19-8-6-5-7-9-19)23(28)25-20-10-11-22(21(24)13-20)27-14-17(2)29-18(3)15-27/h5-11,13,17-18H,4,12,14-16H2,1-3H3,(H,25,28). The molecule has 5 nitrogen and oxygen atoms in total. The van der Waals surface area contributed by atoms with Crippen LogP contribution in [0.3, 0.4) is 0 Å². The molecule has 2 atom stereocenters. The van der Waals surface area contributed by atoms with Crippen LogP contribution >= 0.6 is 0 Å². The predicted molar refractivity (Wildman–Crippen MR) is 115 cm³/mol. The van der Waals surface area contributed by atoms with Gasteiger partial charge in [-0.05, 0) is 44.0 Å². The average molecular weight is 400 g/mol. The number of benzene rings is 2. The van der Waals surface area contributed by atoms with E-state index in [-0.39, 0.29) is 24.1 Å². The van der Waals surface area contributed by atoms with Gasteiger partial charge in [-0.25, -0.2) is 9.18 Å². The molecule has 1 heterocycles. The number of nitrogens with one attached hydrogen (secondary N) is 1. The lowest BCUT2D eigenvalue weighted by Gasteiger charge is -2.37. The maximum atomic E-state index is 14.8. The Morgan fingerprint density at radius 3 is 2.48 bits per heavy atom. The van der Waals surface area contributed by atoms with Crippen molar-refractivity contribution < 1.29 is 13.9 Å². The van der Waals surface area contributed by atoms with Gasteiger partial charge in [-0.15, -0.1) is 0 Å². The van der Waals surface area contributed by atoms with Crippen molar-refractivity contribution in [2.75, 3.05) is 29.9 Å². The monoisotopic (exact) mass is 399 g/mol. The van der Waals surface area contributed by atoms with Gasteiger partial charge in [0, 0.05) is 31.9 Å². The molecule has 0 aliphatic carbocycles. The van der Waals surface area contributed by atoms with Gasteiger partial charge in [0.15, 0.2) is 0 Å². The van der Waals surface area contributed by atoms with Gasteiger partial charge in [0.2, 0.25) is 0 Å². The number of carbonyl (C=O) groups excluding carboxylic acids is 1. The van der Waals surface area contributed by atoms with Crippen molar-refractivity contribution in [2.45, 2.75) is 45.9 Å². The van der Waals surface area contributed by atoms with Crippen molar-refractivity contribution in [3.05, 3.63) is 59.9 Å². The molecule has 6 heteroatoms. The van der Waals surface area contributed by atoms with Crippen LogP contribution in [0.25, 0.3) is 0 Å². The summed E-state index contributed by atoms with van der Waals surface area (Å²) in [7, 11) is 0. The number of morpholine rings is 1. The zero-order chi connectivity index (χ0) is 20.8. The van der Waals surface area contributed by atoms with Gasteiger partial charge in [0.05, 0.1) is 17.9 Å². The van der Waals surface area contributed by atoms with E-state index in [9.17, 15) is 9.18 Å². The Hall–Kier alpha value is -2.60. The van der Waals surface area contributed by atoms with Gasteiger partial charge >= 0.3 is 6.03 Å². The van der Waals surface area contributed by atoms with Crippen LogP contribution in [0.1, 0.15) is 32.8 Å². The van der Waals surface area contributed by atoms with E-state index in [1.165, 1.54) is 6.07 Å². The number of anilines is 2. The Labute approximate surface area is 172 Å². The minimum atomic E-state index is -0.339. The van der Waals surface area contributed by atoms with E-state index in [2.05, 4.69) is 5.32 Å². The smallest absolute Gasteiger partial charge is 0.322 e. The van der Waals surface area contributed by atoms with E-state index in [1.54, 1.807) is 17.0 Å². The van der Waals surface area contributed by atoms with Gasteiger partial charge in [-0.2, -0.15) is 0 Å². The summed E-state index contributed by atoms with van der Waals surface area (Å²) in [4.78, 5) is 16.5. The van der Waals surface area contributed by atoms with Crippen molar-refractivity contribution in [3.8, 4) is 0 Å². The fourth-order valence-corrected chi connectivity index (χ4v) is 3.74. The summed E-state index contributed by atoms with van der Waals surface area (Å²) in [5, 5.41) is 2.84. The molecule has 2 aromatic rings. The lowest BCUT2D eigenvalue weighted by molar-refractivity contribution is -0.00539. The van der Waals surface area contributed by atoms with Crippen LogP contribution in [-0.4, -0.2) is 42.8 Å². The minimum Gasteiger partial charge on any atom is -0.372 e. The second kappa shape index (κ2) is 9.74. The van der Waals surface area contributed by atoms with Crippen LogP contribution in [0.2, 0.25) is 0 Å². The van der Waals surface area contributed by atoms with Gasteiger partial charge in [-0.3, -0.25) is 0 Å². The Morgan fingerprint density at radius 2 is 1.86 bits per heavy atom. The van der Waals surface area contributed by atoms with E-state index in [1.807, 2.05) is 56.0 Å². The maximum absolute atomic E-state index is 14.8. The fraction of sp³-hybridized carbons (Fsp3) is 0.435. The van der Waals surface area contributed by atoms with Crippen molar-refractivity contribution in [1.82, 2.24) is 4.90 Å². The molecule has 0 aromatic heterocycles. The Balaban J connectivity index is 1.68. The number of hydrogen-bond donors (Lipinski definition) is 1. The fourth-order valence-electron chi connectivity index (χ4n) is 3.74. The summed E-state index contributed by atoms with van der Waals surface area (Å²) in [6.45, 7) is 8.45. The number of ether oxygens (including phenoxy) is 1. The van der Waals surface area contributed by atoms with Gasteiger partial charge < -0.3 is 19.9 Å². The maximum Gasteiger partial charge on any atom is 0.322 e. The van der Waals surface area contributed by atoms with E-state index in [0.717, 1.165) is 12.0 Å². The summed E-state index contributed by atoms with van der Waals surface area (Å²) in [6, 6.07) is 14.5. The molecule has 2 unspecified atom stereocenters.